The molecule has 0 radical (unpaired) electrons. The van der Waals surface area contributed by atoms with E-state index in [2.05, 4.69) is 27.0 Å². The van der Waals surface area contributed by atoms with Gasteiger partial charge in [0.15, 0.2) is 10.8 Å². The first-order chi connectivity index (χ1) is 18.1. The number of anilines is 3. The maximum Gasteiger partial charge on any atom is 0.301 e. The Morgan fingerprint density at radius 2 is 2.18 bits per heavy atom. The van der Waals surface area contributed by atoms with Crippen molar-refractivity contribution in [3.63, 3.8) is 0 Å². The van der Waals surface area contributed by atoms with E-state index in [0.717, 1.165) is 16.2 Å². The number of nitrogen functional groups attached to an aromatic ring is 3. The smallest absolute Gasteiger partial charge is 0.301 e. The molecule has 2 aromatic rings. The molecule has 1 unspecified atom stereocenters. The second kappa shape index (κ2) is 11.3. The Labute approximate surface area is 229 Å². The van der Waals surface area contributed by atoms with Crippen LogP contribution >= 0.6 is 34.9 Å². The van der Waals surface area contributed by atoms with E-state index in [1.807, 2.05) is 0 Å². The van der Waals surface area contributed by atoms with Crippen molar-refractivity contribution in [3.8, 4) is 0 Å². The second-order valence-electron chi connectivity index (χ2n) is 7.93. The average molecular weight is 578 g/mol. The number of oxime groups is 1. The second-order valence-corrected chi connectivity index (χ2v) is 10.9. The van der Waals surface area contributed by atoms with Gasteiger partial charge in [0.1, 0.15) is 23.7 Å². The molecule has 4 heterocycles. The number of aliphatic carboxylic acids is 1. The zero-order valence-corrected chi connectivity index (χ0v) is 22.4. The van der Waals surface area contributed by atoms with Crippen LogP contribution in [0.3, 0.4) is 0 Å². The van der Waals surface area contributed by atoms with Gasteiger partial charge in [0.05, 0.1) is 24.8 Å². The summed E-state index contributed by atoms with van der Waals surface area (Å²) >= 11 is 3.64. The Morgan fingerprint density at radius 1 is 1.42 bits per heavy atom. The van der Waals surface area contributed by atoms with Crippen LogP contribution in [0.5, 0.6) is 0 Å². The fourth-order valence-electron chi connectivity index (χ4n) is 3.61. The Balaban J connectivity index is 1.51. The van der Waals surface area contributed by atoms with Crippen molar-refractivity contribution in [1.29, 1.82) is 0 Å². The van der Waals surface area contributed by atoms with Crippen LogP contribution in [0.2, 0.25) is 0 Å². The molecule has 14 nitrogen and oxygen atoms in total. The van der Waals surface area contributed by atoms with Crippen LogP contribution in [0.25, 0.3) is 0 Å². The lowest BCUT2D eigenvalue weighted by Crippen LogP contribution is -2.71. The van der Waals surface area contributed by atoms with E-state index in [-0.39, 0.29) is 46.2 Å². The van der Waals surface area contributed by atoms with Crippen LogP contribution in [0, 0.1) is 0 Å². The third-order valence-electron chi connectivity index (χ3n) is 5.43. The number of thiazole rings is 1. The maximum absolute atomic E-state index is 13.0. The highest BCUT2D eigenvalue weighted by atomic mass is 32.2. The molecule has 38 heavy (non-hydrogen) atoms. The van der Waals surface area contributed by atoms with Crippen LogP contribution in [-0.2, 0) is 26.3 Å². The minimum atomic E-state index is -1.49. The van der Waals surface area contributed by atoms with Crippen LogP contribution in [0.4, 0.5) is 16.8 Å². The quantitative estimate of drug-likeness (QED) is 0.0360. The number of carboxylic acids is 1. The number of carbonyl (C=O) groups excluding carboxylic acids is 3. The van der Waals surface area contributed by atoms with Crippen LogP contribution < -0.4 is 32.2 Å². The maximum atomic E-state index is 13.0. The number of nitrogens with one attached hydrogen (secondary N) is 1. The van der Waals surface area contributed by atoms with Crippen molar-refractivity contribution in [2.24, 2.45) is 12.2 Å². The summed E-state index contributed by atoms with van der Waals surface area (Å²) in [5.74, 6) is -1.71. The Kier molecular flexibility index (Phi) is 8.08. The van der Waals surface area contributed by atoms with Gasteiger partial charge in [-0.1, -0.05) is 22.8 Å². The highest BCUT2D eigenvalue weighted by Gasteiger charge is 2.53. The summed E-state index contributed by atoms with van der Waals surface area (Å²) in [5, 5.41) is 20.1. The molecule has 1 fully saturated rings. The minimum absolute atomic E-state index is 0.0429. The van der Waals surface area contributed by atoms with Gasteiger partial charge in [-0.25, -0.2) is 9.55 Å². The summed E-state index contributed by atoms with van der Waals surface area (Å²) in [4.78, 5) is 52.6. The minimum Gasteiger partial charge on any atom is -0.543 e. The van der Waals surface area contributed by atoms with Gasteiger partial charge in [-0.2, -0.15) is 0 Å². The largest absolute Gasteiger partial charge is 0.543 e. The molecule has 0 saturated carbocycles. The number of amides is 2. The third kappa shape index (κ3) is 5.39. The van der Waals surface area contributed by atoms with Gasteiger partial charge in [0, 0.05) is 16.9 Å². The molecule has 2 aromatic heterocycles. The van der Waals surface area contributed by atoms with E-state index in [4.69, 9.17) is 22.0 Å². The number of aromatic nitrogens is 3. The molecule has 7 N–H and O–H groups in total. The summed E-state index contributed by atoms with van der Waals surface area (Å²) in [7, 11) is 1.70. The Morgan fingerprint density at radius 3 is 2.84 bits per heavy atom. The normalized spacial score (nSPS) is 19.0. The monoisotopic (exact) mass is 577 g/mol. The number of hydrogen-bond acceptors (Lipinski definition) is 14. The molecule has 2 aliphatic rings. The molecule has 2 aliphatic heterocycles. The first-order valence-electron chi connectivity index (χ1n) is 10.9. The van der Waals surface area contributed by atoms with Crippen molar-refractivity contribution in [1.82, 2.24) is 20.2 Å². The topological polar surface area (TPSA) is 219 Å². The average Bonchev–Trinajstić information content (AvgIpc) is 3.31. The van der Waals surface area contributed by atoms with Crippen molar-refractivity contribution in [3.05, 3.63) is 41.1 Å². The van der Waals surface area contributed by atoms with Gasteiger partial charge in [0.2, 0.25) is 11.6 Å². The lowest BCUT2D eigenvalue weighted by atomic mass is 10.0. The fourth-order valence-corrected chi connectivity index (χ4v) is 6.64. The van der Waals surface area contributed by atoms with Crippen molar-refractivity contribution in [2.45, 2.75) is 16.6 Å². The highest BCUT2D eigenvalue weighted by Crippen LogP contribution is 2.41. The van der Waals surface area contributed by atoms with Crippen molar-refractivity contribution >= 4 is 75.1 Å². The first kappa shape index (κ1) is 27.2. The van der Waals surface area contributed by atoms with Crippen molar-refractivity contribution < 1.29 is 28.9 Å². The third-order valence-corrected chi connectivity index (χ3v) is 8.55. The number of carboxylic acid groups (broad SMARTS) is 1. The van der Waals surface area contributed by atoms with Gasteiger partial charge in [-0.05, 0) is 17.3 Å². The van der Waals surface area contributed by atoms with Crippen LogP contribution in [-0.4, -0.2) is 67.9 Å². The summed E-state index contributed by atoms with van der Waals surface area (Å²) < 4.78 is 1.62. The van der Waals surface area contributed by atoms with Gasteiger partial charge >= 0.3 is 5.16 Å². The number of thioether (sulfide) groups is 2. The predicted molar refractivity (Wildman–Crippen MR) is 141 cm³/mol. The molecule has 0 aromatic carbocycles. The van der Waals surface area contributed by atoms with E-state index in [1.165, 1.54) is 41.0 Å². The van der Waals surface area contributed by atoms with Crippen molar-refractivity contribution in [2.75, 3.05) is 35.3 Å². The predicted octanol–water partition coefficient (Wildman–Crippen LogP) is -1.79. The molecule has 200 valence electrons. The molecule has 0 spiro atoms. The lowest BCUT2D eigenvalue weighted by molar-refractivity contribution is -0.698. The number of nitrogens with zero attached hydrogens (tertiary/aromatic N) is 5. The standard InChI is InChI=1S/C21H23N9O5S3/c1-3-4-35-28-13(10-8-37-20(24)25-10)16(31)27-14-17(32)30-15(19(33)34)9(6-36-18(14)30)7-38-21-26-11(22)5-12(23)29(21)2/h3,5,8,14,18H,1,4,6-7H2,2H3,(H7,22,23,24,25,27,31,33,34)/b28-13-/t14?,18-/m1/s1. The molecule has 0 aliphatic carbocycles. The van der Waals surface area contributed by atoms with Crippen LogP contribution in [0.1, 0.15) is 5.69 Å². The Hall–Kier alpha value is -3.83. The number of carbonyl (C=O) groups is 3. The van der Waals surface area contributed by atoms with Gasteiger partial charge in [0.25, 0.3) is 11.8 Å². The molecular formula is C21H23N9O5S3. The first-order valence-corrected chi connectivity index (χ1v) is 13.8. The van der Waals surface area contributed by atoms with E-state index in [0.29, 0.717) is 16.5 Å². The van der Waals surface area contributed by atoms with E-state index in [1.54, 1.807) is 11.6 Å². The van der Waals surface area contributed by atoms with Crippen LogP contribution in [0.15, 0.2) is 45.7 Å². The lowest BCUT2D eigenvalue weighted by Gasteiger charge is -2.50. The van der Waals surface area contributed by atoms with E-state index in [9.17, 15) is 19.5 Å². The summed E-state index contributed by atoms with van der Waals surface area (Å²) in [6, 6.07) is 0.514. The summed E-state index contributed by atoms with van der Waals surface area (Å²) in [6.45, 7) is 3.56. The van der Waals surface area contributed by atoms with E-state index < -0.39 is 29.2 Å². The molecule has 17 heteroatoms. The number of rotatable bonds is 10. The molecule has 4 rings (SSSR count). The molecule has 1 saturated heterocycles. The molecule has 2 atom stereocenters. The number of hydrogen-bond donors (Lipinski definition) is 4. The number of β-lactam (4-membered cyclic amide) rings is 1. The molecular weight excluding hydrogens is 554 g/mol. The molecule has 2 amide bonds. The fraction of sp³-hybridized carbons (Fsp3) is 0.286. The SMILES string of the molecule is C=CCO/N=C(\C(=O)NC1C(=O)N2C(C(=O)[O-])=C(CSc3nc(N)cc(N)[n+]3C)CS[C@H]12)c1csc(N)n1. The van der Waals surface area contributed by atoms with Gasteiger partial charge in [-0.15, -0.1) is 23.1 Å². The zero-order chi connectivity index (χ0) is 27.6. The molecule has 0 bridgehead atoms. The summed E-state index contributed by atoms with van der Waals surface area (Å²) in [6.07, 6.45) is 1.45. The number of fused-ring (bicyclic) bond motifs is 1. The highest BCUT2D eigenvalue weighted by molar-refractivity contribution is 8.01. The van der Waals surface area contributed by atoms with E-state index >= 15 is 0 Å². The van der Waals surface area contributed by atoms with Gasteiger partial charge < -0.3 is 37.3 Å². The zero-order valence-electron chi connectivity index (χ0n) is 19.9. The number of nitrogens with two attached hydrogens (primary N) is 3. The van der Waals surface area contributed by atoms with Gasteiger partial charge in [-0.3, -0.25) is 14.5 Å². The Bertz CT molecular complexity index is 1380. The summed E-state index contributed by atoms with van der Waals surface area (Å²) in [5.41, 5.74) is 17.6.